The number of carboxylic acids is 3. The van der Waals surface area contributed by atoms with E-state index >= 15 is 0 Å². The molecule has 10 rings (SSSR count). The quantitative estimate of drug-likeness (QED) is 0.0207. The SMILES string of the molecule is C[C@@H]1O[C@H](COCCOCCOCCOCCNC(=O)CCOCC(COCCC(=O)NCCOCCOCCOCCOC[C@H]2O[C@@H](C)[C@H](n3cc(C(=O)O)nn3)[C@@H](O)[C@H]2O)(COCCC(=O)NCCOCCOCCOCCOC[C@H]2O[C@@H](C)[C@H](C3C=C(C(=O)O)N=N3)C[C@H]2O)NC(=O)CCCOc2ccc3nc(-c4cn(-c5ccc(O)c(F)c5)nn4)ccc3c2)[C@H](O)[C@H](O)C1n1cc(C(=O)O)nn1. The Hall–Kier alpha value is -10.5. The number of aromatic carboxylic acids is 2. The van der Waals surface area contributed by atoms with E-state index in [4.69, 9.17) is 95.0 Å². The average molecular weight is 2000 g/mol. The molecule has 782 valence electrons. The Kier molecular flexibility index (Phi) is 48.5. The predicted molar refractivity (Wildman–Crippen MR) is 482 cm³/mol. The van der Waals surface area contributed by atoms with Gasteiger partial charge in [0.1, 0.15) is 71.8 Å². The number of amides is 4. The third kappa shape index (κ3) is 38.0. The number of hydrogen-bond acceptors (Lipinski definition) is 41. The van der Waals surface area contributed by atoms with Gasteiger partial charge in [0.2, 0.25) is 23.6 Å². The Bertz CT molecular complexity index is 4710. The van der Waals surface area contributed by atoms with E-state index in [1.54, 1.807) is 44.3 Å². The fourth-order valence-corrected chi connectivity index (χ4v) is 15.1. The van der Waals surface area contributed by atoms with Crippen LogP contribution in [0.2, 0.25) is 0 Å². The fraction of sp³-hybridized carbons (Fsp3) is 0.663. The number of phenolic OH excluding ortho intramolecular Hbond substituents is 1. The summed E-state index contributed by atoms with van der Waals surface area (Å²) < 4.78 is 128. The number of carboxylic acid groups (broad SMARTS) is 3. The van der Waals surface area contributed by atoms with Crippen LogP contribution in [-0.2, 0) is 109 Å². The zero-order chi connectivity index (χ0) is 101. The highest BCUT2D eigenvalue weighted by atomic mass is 19.1. The maximum Gasteiger partial charge on any atom is 0.358 e. The van der Waals surface area contributed by atoms with Crippen molar-refractivity contribution in [1.29, 1.82) is 0 Å². The van der Waals surface area contributed by atoms with E-state index in [2.05, 4.69) is 62.4 Å². The van der Waals surface area contributed by atoms with Gasteiger partial charge in [-0.2, -0.15) is 5.11 Å². The Morgan fingerprint density at radius 3 is 1.34 bits per heavy atom. The number of pyridine rings is 1. The maximum atomic E-state index is 14.2. The summed E-state index contributed by atoms with van der Waals surface area (Å²) in [7, 11) is 0. The minimum absolute atomic E-state index is 0.0574. The topological polar surface area (TPSA) is 655 Å². The van der Waals surface area contributed by atoms with Crippen molar-refractivity contribution in [2.45, 2.75) is 150 Å². The van der Waals surface area contributed by atoms with E-state index in [0.717, 1.165) is 33.2 Å². The van der Waals surface area contributed by atoms with Crippen LogP contribution in [0.3, 0.4) is 0 Å². The predicted octanol–water partition coefficient (Wildman–Crippen LogP) is -0.853. The van der Waals surface area contributed by atoms with Crippen LogP contribution in [-0.4, -0.2) is 441 Å². The number of aromatic nitrogens is 10. The Morgan fingerprint density at radius 1 is 0.454 bits per heavy atom. The number of phenols is 1. The number of ether oxygens (including phenoxy) is 19. The molecule has 3 unspecified atom stereocenters. The molecule has 8 heterocycles. The van der Waals surface area contributed by atoms with Crippen LogP contribution in [0, 0.1) is 11.7 Å². The van der Waals surface area contributed by atoms with Crippen LogP contribution >= 0.6 is 0 Å². The molecule has 6 aromatic rings. The highest BCUT2D eigenvalue weighted by Gasteiger charge is 2.47. The standard InChI is InChI=1S/C89H129FN16O35/c1-56-62(66-46-67(86(117)118)97-96-66)45-72(108)73(139-56)50-132-40-37-129-34-31-126-28-25-123-22-15-91-76(109)12-19-135-53-89(95-79(112)5-4-18-138-61-8-10-64-59(43-61)6-9-65(94-64)68-47-104(101-98-68)60-7-11-71(107)63(90)44-60,54-136-20-13-77(110)92-16-23-124-26-29-127-32-35-130-38-41-133-51-74-82(113)84(115)80(57(2)140-74)105-48-69(87(119)120)99-102-105)55-137-21-14-78(111)93-17-24-125-27-30-128-33-36-131-39-42-134-52-75-83(114)85(116)81(58(3)141-75)106-49-70(88(121)122)100-103-106/h6-11,43-44,46-49,56-58,62,66,72-75,80-85,107-108,113-116H,4-5,12-42,45,50-55H2,1-3H3,(H,91,109)(H,92,110)(H,93,111)(H,95,112)(H,117,118)(H,119,120)(H,121,122)/t56-,57-,58-,62+,66?,72+,73+,74+,75+,80-,81?,82-,83-,84+,85+,89?/m0/s1. The molecular formula is C89H129FN16O35. The molecule has 0 saturated carbocycles. The molecule has 3 saturated heterocycles. The number of hydrogen-bond donors (Lipinski definition) is 13. The number of nitrogens with zero attached hydrogens (tertiary/aromatic N) is 12. The van der Waals surface area contributed by atoms with Crippen LogP contribution in [0.1, 0.15) is 92.4 Å². The first kappa shape index (κ1) is 112. The zero-order valence-electron chi connectivity index (χ0n) is 78.8. The van der Waals surface area contributed by atoms with Crippen LogP contribution in [0.15, 0.2) is 89.1 Å². The van der Waals surface area contributed by atoms with Gasteiger partial charge in [-0.3, -0.25) is 19.2 Å². The fourth-order valence-electron chi connectivity index (χ4n) is 15.1. The molecule has 51 nitrogen and oxygen atoms in total. The van der Waals surface area contributed by atoms with Crippen molar-refractivity contribution in [2.75, 3.05) is 224 Å². The number of aromatic hydroxyl groups is 1. The van der Waals surface area contributed by atoms with Crippen molar-refractivity contribution in [1.82, 2.24) is 71.2 Å². The molecule has 4 aromatic heterocycles. The summed E-state index contributed by atoms with van der Waals surface area (Å²) in [6.45, 7) is 8.95. The third-order valence-corrected chi connectivity index (χ3v) is 22.5. The summed E-state index contributed by atoms with van der Waals surface area (Å²) in [5.74, 6) is -6.42. The smallest absolute Gasteiger partial charge is 0.358 e. The van der Waals surface area contributed by atoms with Crippen LogP contribution in [0.4, 0.5) is 4.39 Å². The van der Waals surface area contributed by atoms with Gasteiger partial charge in [-0.15, -0.1) is 20.4 Å². The highest BCUT2D eigenvalue weighted by Crippen LogP contribution is 2.36. The Labute approximate surface area is 809 Å². The molecule has 0 bridgehead atoms. The monoisotopic (exact) mass is 2000 g/mol. The second-order valence-corrected chi connectivity index (χ2v) is 33.1. The van der Waals surface area contributed by atoms with Crippen molar-refractivity contribution in [2.24, 2.45) is 16.1 Å². The summed E-state index contributed by atoms with van der Waals surface area (Å²) >= 11 is 0. The minimum Gasteiger partial charge on any atom is -0.505 e. The summed E-state index contributed by atoms with van der Waals surface area (Å²) in [6, 6.07) is 10.4. The molecule has 0 aliphatic carbocycles. The first-order valence-corrected chi connectivity index (χ1v) is 46.5. The third-order valence-electron chi connectivity index (χ3n) is 22.5. The molecule has 141 heavy (non-hydrogen) atoms. The van der Waals surface area contributed by atoms with Crippen molar-refractivity contribution in [3.05, 3.63) is 96.1 Å². The van der Waals surface area contributed by atoms with Gasteiger partial charge in [0.25, 0.3) is 0 Å². The van der Waals surface area contributed by atoms with E-state index in [9.17, 15) is 83.9 Å². The Morgan fingerprint density at radius 2 is 0.901 bits per heavy atom. The second kappa shape index (κ2) is 60.8. The molecule has 0 radical (unpaired) electrons. The lowest BCUT2D eigenvalue weighted by molar-refractivity contribution is -0.206. The van der Waals surface area contributed by atoms with E-state index in [0.29, 0.717) is 34.8 Å². The lowest BCUT2D eigenvalue weighted by Gasteiger charge is -2.41. The van der Waals surface area contributed by atoms with Crippen molar-refractivity contribution in [3.8, 4) is 28.6 Å². The first-order chi connectivity index (χ1) is 68.2. The number of rotatable bonds is 71. The van der Waals surface area contributed by atoms with E-state index in [1.165, 1.54) is 22.9 Å². The van der Waals surface area contributed by atoms with Gasteiger partial charge < -0.3 is 157 Å². The van der Waals surface area contributed by atoms with Crippen molar-refractivity contribution in [3.63, 3.8) is 0 Å². The lowest BCUT2D eigenvalue weighted by atomic mass is 9.85. The Balaban J connectivity index is 0.641. The molecule has 2 aromatic carbocycles. The van der Waals surface area contributed by atoms with Crippen molar-refractivity contribution < 1.29 is 174 Å². The normalized spacial score (nSPS) is 22.2. The van der Waals surface area contributed by atoms with Gasteiger partial charge in [0, 0.05) is 62.7 Å². The van der Waals surface area contributed by atoms with Gasteiger partial charge >= 0.3 is 17.9 Å². The lowest BCUT2D eigenvalue weighted by Crippen LogP contribution is -2.58. The molecule has 0 spiro atoms. The summed E-state index contributed by atoms with van der Waals surface area (Å²) in [4.78, 5) is 92.4. The average Bonchev–Trinajstić information content (AvgIpc) is 1.43. The number of nitrogens with one attached hydrogen (secondary N) is 4. The number of aliphatic hydroxyl groups is 5. The molecular weight excluding hydrogens is 1870 g/mol. The number of aliphatic carboxylic acids is 1. The number of fused-ring (bicyclic) bond motifs is 1. The highest BCUT2D eigenvalue weighted by molar-refractivity contribution is 5.87. The van der Waals surface area contributed by atoms with Gasteiger partial charge in [0.15, 0.2) is 28.7 Å². The van der Waals surface area contributed by atoms with Gasteiger partial charge in [-0.1, -0.05) is 21.7 Å². The molecule has 4 aliphatic heterocycles. The number of carbonyl (C=O) groups excluding carboxylic acids is 4. The number of benzene rings is 2. The molecule has 16 atom stereocenters. The van der Waals surface area contributed by atoms with E-state index < -0.39 is 120 Å². The van der Waals surface area contributed by atoms with Gasteiger partial charge in [0.05, 0.1) is 271 Å². The zero-order valence-corrected chi connectivity index (χ0v) is 78.8. The summed E-state index contributed by atoms with van der Waals surface area (Å²) in [5, 5.41) is 134. The van der Waals surface area contributed by atoms with Crippen LogP contribution in [0.5, 0.6) is 11.5 Å². The molecule has 52 heteroatoms. The number of azo groups is 1. The number of halogens is 1. The minimum atomic E-state index is -1.48. The number of carbonyl (C=O) groups is 7. The molecule has 4 amide bonds. The maximum absolute atomic E-state index is 14.2. The summed E-state index contributed by atoms with van der Waals surface area (Å²) in [6.07, 6.45) is -4.78. The molecule has 4 aliphatic rings. The molecule has 3 fully saturated rings. The molecule has 13 N–H and O–H groups in total. The van der Waals surface area contributed by atoms with E-state index in [1.807, 2.05) is 13.0 Å². The van der Waals surface area contributed by atoms with Gasteiger partial charge in [-0.05, 0) is 76.1 Å². The number of aliphatic hydroxyl groups excluding tert-OH is 5. The van der Waals surface area contributed by atoms with Crippen LogP contribution < -0.4 is 26.0 Å². The second-order valence-electron chi connectivity index (χ2n) is 33.1. The van der Waals surface area contributed by atoms with E-state index in [-0.39, 0.29) is 303 Å². The largest absolute Gasteiger partial charge is 0.505 e. The first-order valence-electron chi connectivity index (χ1n) is 46.5. The van der Waals surface area contributed by atoms with Gasteiger partial charge in [-0.25, -0.2) is 37.8 Å². The van der Waals surface area contributed by atoms with Crippen LogP contribution in [0.25, 0.3) is 28.0 Å². The van der Waals surface area contributed by atoms with Crippen molar-refractivity contribution >= 4 is 52.4 Å². The summed E-state index contributed by atoms with van der Waals surface area (Å²) in [5.41, 5.74) is -0.410.